The molecule has 0 spiro atoms. The highest BCUT2D eigenvalue weighted by Gasteiger charge is 2.24. The van der Waals surface area contributed by atoms with Gasteiger partial charge in [0.2, 0.25) is 0 Å². The van der Waals surface area contributed by atoms with Gasteiger partial charge in [-0.15, -0.1) is 0 Å². The van der Waals surface area contributed by atoms with Crippen LogP contribution in [0, 0.1) is 5.92 Å². The predicted octanol–water partition coefficient (Wildman–Crippen LogP) is 2.08. The number of aromatic nitrogens is 2. The maximum Gasteiger partial charge on any atom is 0.326 e. The van der Waals surface area contributed by atoms with Crippen LogP contribution in [-0.4, -0.2) is 39.2 Å². The quantitative estimate of drug-likeness (QED) is 0.616. The molecule has 0 saturated carbocycles. The number of carboxylic acids is 1. The number of carbonyl (C=O) groups is 2. The zero-order chi connectivity index (χ0) is 15.3. The summed E-state index contributed by atoms with van der Waals surface area (Å²) in [4.78, 5) is 31.1. The molecule has 0 aliphatic carbocycles. The van der Waals surface area contributed by atoms with Crippen molar-refractivity contribution in [3.05, 3.63) is 16.9 Å². The Morgan fingerprint density at radius 3 is 2.65 bits per heavy atom. The van der Waals surface area contributed by atoms with Crippen LogP contribution < -0.4 is 5.32 Å². The lowest BCUT2D eigenvalue weighted by Crippen LogP contribution is -2.42. The molecular formula is C12H16ClN3O3S. The second-order valence-corrected chi connectivity index (χ2v) is 5.73. The van der Waals surface area contributed by atoms with Gasteiger partial charge in [-0.2, -0.15) is 0 Å². The normalized spacial score (nSPS) is 12.2. The van der Waals surface area contributed by atoms with Crippen molar-refractivity contribution < 1.29 is 14.7 Å². The average molecular weight is 318 g/mol. The molecule has 1 atom stereocenters. The Labute approximate surface area is 126 Å². The summed E-state index contributed by atoms with van der Waals surface area (Å²) in [6.07, 6.45) is 3.43. The van der Waals surface area contributed by atoms with E-state index in [1.807, 2.05) is 13.8 Å². The fourth-order valence-electron chi connectivity index (χ4n) is 1.53. The zero-order valence-electron chi connectivity index (χ0n) is 11.4. The van der Waals surface area contributed by atoms with Crippen molar-refractivity contribution in [3.63, 3.8) is 0 Å². The predicted molar refractivity (Wildman–Crippen MR) is 77.2 cm³/mol. The second kappa shape index (κ2) is 7.44. The smallest absolute Gasteiger partial charge is 0.326 e. The first-order chi connectivity index (χ1) is 9.35. The SMILES string of the molecule is CSc1ncc(Cl)c(C(=O)N[C@H](CC(C)C)C(=O)O)n1. The summed E-state index contributed by atoms with van der Waals surface area (Å²) in [6, 6.07) is -0.966. The Hall–Kier alpha value is -1.34. The van der Waals surface area contributed by atoms with Crippen LogP contribution in [0.25, 0.3) is 0 Å². The molecule has 6 nitrogen and oxygen atoms in total. The standard InChI is InChI=1S/C12H16ClN3O3S/c1-6(2)4-8(11(18)19)15-10(17)9-7(13)5-14-12(16-9)20-3/h5-6,8H,4H2,1-3H3,(H,15,17)(H,18,19)/t8-/m1/s1. The zero-order valence-corrected chi connectivity index (χ0v) is 13.0. The van der Waals surface area contributed by atoms with E-state index in [2.05, 4.69) is 15.3 Å². The number of hydrogen-bond donors (Lipinski definition) is 2. The number of nitrogens with zero attached hydrogens (tertiary/aromatic N) is 2. The Morgan fingerprint density at radius 1 is 1.50 bits per heavy atom. The minimum absolute atomic E-state index is 0.0129. The minimum Gasteiger partial charge on any atom is -0.480 e. The van der Waals surface area contributed by atoms with E-state index in [1.165, 1.54) is 18.0 Å². The number of thioether (sulfide) groups is 1. The molecule has 0 unspecified atom stereocenters. The monoisotopic (exact) mass is 317 g/mol. The maximum absolute atomic E-state index is 12.1. The molecule has 1 heterocycles. The van der Waals surface area contributed by atoms with E-state index in [0.717, 1.165) is 0 Å². The Balaban J connectivity index is 2.91. The molecule has 0 aromatic carbocycles. The van der Waals surface area contributed by atoms with E-state index in [4.69, 9.17) is 16.7 Å². The number of amides is 1. The molecule has 0 saturated heterocycles. The van der Waals surface area contributed by atoms with Gasteiger partial charge in [0.25, 0.3) is 5.91 Å². The van der Waals surface area contributed by atoms with Crippen LogP contribution in [0.15, 0.2) is 11.4 Å². The van der Waals surface area contributed by atoms with Gasteiger partial charge in [-0.25, -0.2) is 14.8 Å². The minimum atomic E-state index is -1.08. The summed E-state index contributed by atoms with van der Waals surface area (Å²) >= 11 is 7.14. The third kappa shape index (κ3) is 4.64. The third-order valence-electron chi connectivity index (χ3n) is 2.43. The van der Waals surface area contributed by atoms with Crippen LogP contribution in [-0.2, 0) is 4.79 Å². The van der Waals surface area contributed by atoms with E-state index < -0.39 is 17.9 Å². The van der Waals surface area contributed by atoms with Crippen LogP contribution >= 0.6 is 23.4 Å². The molecule has 0 aliphatic rings. The fraction of sp³-hybridized carbons (Fsp3) is 0.500. The van der Waals surface area contributed by atoms with E-state index in [-0.39, 0.29) is 16.6 Å². The van der Waals surface area contributed by atoms with Crippen molar-refractivity contribution in [1.82, 2.24) is 15.3 Å². The highest BCUT2D eigenvalue weighted by molar-refractivity contribution is 7.98. The lowest BCUT2D eigenvalue weighted by molar-refractivity contribution is -0.139. The van der Waals surface area contributed by atoms with Crippen molar-refractivity contribution in [3.8, 4) is 0 Å². The van der Waals surface area contributed by atoms with Gasteiger partial charge in [0.1, 0.15) is 6.04 Å². The first-order valence-electron chi connectivity index (χ1n) is 5.95. The summed E-state index contributed by atoms with van der Waals surface area (Å²) in [5.74, 6) is -1.55. The van der Waals surface area contributed by atoms with E-state index >= 15 is 0 Å². The Bertz CT molecular complexity index is 511. The van der Waals surface area contributed by atoms with Gasteiger partial charge in [0, 0.05) is 0 Å². The van der Waals surface area contributed by atoms with Gasteiger partial charge in [-0.1, -0.05) is 37.2 Å². The number of carboxylic acid groups (broad SMARTS) is 1. The first kappa shape index (κ1) is 16.7. The summed E-state index contributed by atoms with van der Waals surface area (Å²) in [6.45, 7) is 3.76. The number of rotatable bonds is 6. The number of halogens is 1. The third-order valence-corrected chi connectivity index (χ3v) is 3.27. The summed E-state index contributed by atoms with van der Waals surface area (Å²) < 4.78 is 0. The molecule has 0 aliphatic heterocycles. The van der Waals surface area contributed by atoms with E-state index in [0.29, 0.717) is 11.6 Å². The highest BCUT2D eigenvalue weighted by Crippen LogP contribution is 2.17. The summed E-state index contributed by atoms with van der Waals surface area (Å²) in [7, 11) is 0. The van der Waals surface area contributed by atoms with Gasteiger partial charge in [-0.05, 0) is 18.6 Å². The topological polar surface area (TPSA) is 92.2 Å². The van der Waals surface area contributed by atoms with E-state index in [1.54, 1.807) is 6.26 Å². The van der Waals surface area contributed by atoms with Gasteiger partial charge >= 0.3 is 5.97 Å². The van der Waals surface area contributed by atoms with Crippen molar-refractivity contribution in [2.45, 2.75) is 31.5 Å². The molecule has 1 aromatic rings. The molecule has 0 bridgehead atoms. The molecule has 110 valence electrons. The lowest BCUT2D eigenvalue weighted by Gasteiger charge is -2.16. The molecule has 1 amide bonds. The van der Waals surface area contributed by atoms with Gasteiger partial charge < -0.3 is 10.4 Å². The maximum atomic E-state index is 12.1. The van der Waals surface area contributed by atoms with Crippen molar-refractivity contribution in [2.24, 2.45) is 5.92 Å². The summed E-state index contributed by atoms with van der Waals surface area (Å²) in [5.41, 5.74) is -0.0129. The molecule has 1 aromatic heterocycles. The highest BCUT2D eigenvalue weighted by atomic mass is 35.5. The largest absolute Gasteiger partial charge is 0.480 e. The molecule has 0 fully saturated rings. The van der Waals surface area contributed by atoms with Gasteiger partial charge in [-0.3, -0.25) is 4.79 Å². The van der Waals surface area contributed by atoms with Crippen molar-refractivity contribution >= 4 is 35.2 Å². The lowest BCUT2D eigenvalue weighted by atomic mass is 10.0. The molecule has 8 heteroatoms. The number of carbonyl (C=O) groups excluding carboxylic acids is 1. The Kier molecular flexibility index (Phi) is 6.22. The van der Waals surface area contributed by atoms with Crippen LogP contribution in [0.2, 0.25) is 5.02 Å². The van der Waals surface area contributed by atoms with Crippen LogP contribution in [0.4, 0.5) is 0 Å². The van der Waals surface area contributed by atoms with Crippen LogP contribution in [0.3, 0.4) is 0 Å². The number of aliphatic carboxylic acids is 1. The summed E-state index contributed by atoms with van der Waals surface area (Å²) in [5, 5.41) is 12.0. The van der Waals surface area contributed by atoms with Crippen molar-refractivity contribution in [2.75, 3.05) is 6.26 Å². The average Bonchev–Trinajstić information content (AvgIpc) is 2.37. The molecule has 1 rings (SSSR count). The number of hydrogen-bond acceptors (Lipinski definition) is 5. The van der Waals surface area contributed by atoms with Crippen molar-refractivity contribution in [1.29, 1.82) is 0 Å². The second-order valence-electron chi connectivity index (χ2n) is 4.55. The van der Waals surface area contributed by atoms with Gasteiger partial charge in [0.05, 0.1) is 11.2 Å². The number of nitrogens with one attached hydrogen (secondary N) is 1. The van der Waals surface area contributed by atoms with Crippen LogP contribution in [0.5, 0.6) is 0 Å². The fourth-order valence-corrected chi connectivity index (χ4v) is 2.05. The van der Waals surface area contributed by atoms with Crippen LogP contribution in [0.1, 0.15) is 30.8 Å². The molecular weight excluding hydrogens is 302 g/mol. The molecule has 2 N–H and O–H groups in total. The molecule has 20 heavy (non-hydrogen) atoms. The molecule has 0 radical (unpaired) electrons. The van der Waals surface area contributed by atoms with E-state index in [9.17, 15) is 9.59 Å². The van der Waals surface area contributed by atoms with Gasteiger partial charge in [0.15, 0.2) is 10.9 Å². The first-order valence-corrected chi connectivity index (χ1v) is 7.55. The Morgan fingerprint density at radius 2 is 2.15 bits per heavy atom.